The summed E-state index contributed by atoms with van der Waals surface area (Å²) in [5.74, 6) is 0.932. The summed E-state index contributed by atoms with van der Waals surface area (Å²) in [6.45, 7) is 2.07. The first-order valence-electron chi connectivity index (χ1n) is 6.78. The first-order valence-corrected chi connectivity index (χ1v) is 9.40. The second-order valence-corrected chi connectivity index (χ2v) is 8.11. The van der Waals surface area contributed by atoms with Crippen LogP contribution in [0.15, 0.2) is 45.5 Å². The summed E-state index contributed by atoms with van der Waals surface area (Å²) < 4.78 is 2.31. The van der Waals surface area contributed by atoms with Crippen LogP contribution in [0.1, 0.15) is 6.92 Å². The molecule has 0 amide bonds. The maximum absolute atomic E-state index is 12.6. The number of hydrogen-bond donors (Lipinski definition) is 0. The average molecular weight is 345 g/mol. The zero-order valence-electron chi connectivity index (χ0n) is 11.6. The van der Waals surface area contributed by atoms with Gasteiger partial charge in [-0.2, -0.15) is 4.52 Å². The highest BCUT2D eigenvalue weighted by atomic mass is 32.2. The van der Waals surface area contributed by atoms with Crippen molar-refractivity contribution in [3.8, 4) is 10.4 Å². The lowest BCUT2D eigenvalue weighted by atomic mass is 10.2. The van der Waals surface area contributed by atoms with Crippen molar-refractivity contribution in [3.63, 3.8) is 0 Å². The van der Waals surface area contributed by atoms with E-state index in [1.165, 1.54) is 15.9 Å². The molecule has 0 radical (unpaired) electrons. The predicted octanol–water partition coefficient (Wildman–Crippen LogP) is 4.14. The third kappa shape index (κ3) is 2.25. The van der Waals surface area contributed by atoms with E-state index in [1.54, 1.807) is 23.1 Å². The van der Waals surface area contributed by atoms with Crippen molar-refractivity contribution in [3.05, 3.63) is 46.8 Å². The standard InChI is InChI=1S/C15H11N3OS3/c1-2-20-15-17-18-13(19)10-8-11(9-6-4-3-5-7-9)21-12(10)16-14(18)22-15/h3-8H,2H2,1H3. The molecule has 110 valence electrons. The maximum atomic E-state index is 12.6. The van der Waals surface area contributed by atoms with Gasteiger partial charge in [0.2, 0.25) is 4.96 Å². The lowest BCUT2D eigenvalue weighted by molar-refractivity contribution is 0.871. The zero-order chi connectivity index (χ0) is 15.1. The summed E-state index contributed by atoms with van der Waals surface area (Å²) in [7, 11) is 0. The van der Waals surface area contributed by atoms with Crippen molar-refractivity contribution in [2.24, 2.45) is 0 Å². The van der Waals surface area contributed by atoms with Crippen LogP contribution in [-0.4, -0.2) is 20.4 Å². The molecule has 1 aromatic carbocycles. The van der Waals surface area contributed by atoms with Crippen LogP contribution in [0.2, 0.25) is 0 Å². The van der Waals surface area contributed by atoms with Crippen molar-refractivity contribution in [2.75, 3.05) is 5.75 Å². The molecule has 3 heterocycles. The number of benzene rings is 1. The number of aromatic nitrogens is 3. The Morgan fingerprint density at radius 2 is 2.05 bits per heavy atom. The second-order valence-electron chi connectivity index (χ2n) is 4.61. The first-order chi connectivity index (χ1) is 10.8. The molecule has 0 aliphatic rings. The highest BCUT2D eigenvalue weighted by molar-refractivity contribution is 8.01. The number of rotatable bonds is 3. The fraction of sp³-hybridized carbons (Fsp3) is 0.133. The molecule has 7 heteroatoms. The first kappa shape index (κ1) is 13.9. The molecule has 0 spiro atoms. The third-order valence-electron chi connectivity index (χ3n) is 3.20. The molecule has 0 bridgehead atoms. The smallest absolute Gasteiger partial charge is 0.267 e. The van der Waals surface area contributed by atoms with Crippen LogP contribution in [0.3, 0.4) is 0 Å². The molecule has 4 nitrogen and oxygen atoms in total. The highest BCUT2D eigenvalue weighted by Gasteiger charge is 2.14. The molecule has 22 heavy (non-hydrogen) atoms. The van der Waals surface area contributed by atoms with Gasteiger partial charge in [0.25, 0.3) is 5.56 Å². The van der Waals surface area contributed by atoms with Gasteiger partial charge < -0.3 is 0 Å². The van der Waals surface area contributed by atoms with Crippen molar-refractivity contribution in [1.29, 1.82) is 0 Å². The van der Waals surface area contributed by atoms with E-state index in [-0.39, 0.29) is 5.56 Å². The van der Waals surface area contributed by atoms with E-state index in [2.05, 4.69) is 17.0 Å². The van der Waals surface area contributed by atoms with Crippen LogP contribution in [0.5, 0.6) is 0 Å². The fourth-order valence-corrected chi connectivity index (χ4v) is 5.12. The van der Waals surface area contributed by atoms with E-state index in [9.17, 15) is 4.79 Å². The van der Waals surface area contributed by atoms with E-state index in [1.807, 2.05) is 36.4 Å². The Morgan fingerprint density at radius 3 is 2.82 bits per heavy atom. The van der Waals surface area contributed by atoms with Gasteiger partial charge >= 0.3 is 0 Å². The number of nitrogens with zero attached hydrogens (tertiary/aromatic N) is 3. The second kappa shape index (κ2) is 5.49. The number of thioether (sulfide) groups is 1. The largest absolute Gasteiger partial charge is 0.283 e. The molecule has 0 atom stereocenters. The van der Waals surface area contributed by atoms with Gasteiger partial charge in [-0.15, -0.1) is 16.4 Å². The Kier molecular flexibility index (Phi) is 3.48. The lowest BCUT2D eigenvalue weighted by Crippen LogP contribution is -2.13. The Labute approximate surface area is 138 Å². The molecule has 0 saturated heterocycles. The van der Waals surface area contributed by atoms with Gasteiger partial charge in [0.1, 0.15) is 4.83 Å². The Hall–Kier alpha value is -1.70. The van der Waals surface area contributed by atoms with Crippen LogP contribution in [0, 0.1) is 0 Å². The summed E-state index contributed by atoms with van der Waals surface area (Å²) >= 11 is 4.65. The van der Waals surface area contributed by atoms with Crippen LogP contribution in [-0.2, 0) is 0 Å². The normalized spacial score (nSPS) is 11.5. The molecule has 0 aliphatic heterocycles. The molecule has 0 saturated carbocycles. The fourth-order valence-electron chi connectivity index (χ4n) is 2.21. The van der Waals surface area contributed by atoms with Crippen molar-refractivity contribution in [2.45, 2.75) is 11.3 Å². The monoisotopic (exact) mass is 345 g/mol. The Morgan fingerprint density at radius 1 is 1.23 bits per heavy atom. The van der Waals surface area contributed by atoms with Crippen LogP contribution < -0.4 is 5.56 Å². The summed E-state index contributed by atoms with van der Waals surface area (Å²) in [5, 5.41) is 5.00. The molecule has 0 N–H and O–H groups in total. The summed E-state index contributed by atoms with van der Waals surface area (Å²) in [5.41, 5.74) is 1.02. The lowest BCUT2D eigenvalue weighted by Gasteiger charge is -1.93. The molecule has 4 aromatic rings. The molecule has 0 unspecified atom stereocenters. The van der Waals surface area contributed by atoms with Gasteiger partial charge in [0.05, 0.1) is 5.39 Å². The number of fused-ring (bicyclic) bond motifs is 2. The third-order valence-corrected chi connectivity index (χ3v) is 6.20. The minimum Gasteiger partial charge on any atom is -0.267 e. The molecule has 0 aliphatic carbocycles. The van der Waals surface area contributed by atoms with Gasteiger partial charge in [0, 0.05) is 4.88 Å². The molecule has 3 aromatic heterocycles. The van der Waals surface area contributed by atoms with E-state index >= 15 is 0 Å². The average Bonchev–Trinajstić information content (AvgIpc) is 3.13. The number of thiophene rings is 1. The van der Waals surface area contributed by atoms with Gasteiger partial charge in [-0.1, -0.05) is 60.4 Å². The minimum atomic E-state index is -0.0855. The molecular formula is C15H11N3OS3. The topological polar surface area (TPSA) is 47.3 Å². The van der Waals surface area contributed by atoms with Gasteiger partial charge in [-0.25, -0.2) is 4.98 Å². The SMILES string of the molecule is CCSc1nn2c(=O)c3cc(-c4ccccc4)sc3nc2s1. The van der Waals surface area contributed by atoms with Crippen molar-refractivity contribution < 1.29 is 0 Å². The van der Waals surface area contributed by atoms with E-state index in [0.717, 1.165) is 25.4 Å². The van der Waals surface area contributed by atoms with Gasteiger partial charge in [0.15, 0.2) is 4.34 Å². The predicted molar refractivity (Wildman–Crippen MR) is 94.4 cm³/mol. The zero-order valence-corrected chi connectivity index (χ0v) is 14.1. The van der Waals surface area contributed by atoms with Crippen LogP contribution >= 0.6 is 34.4 Å². The maximum Gasteiger partial charge on any atom is 0.283 e. The van der Waals surface area contributed by atoms with Gasteiger partial charge in [-0.05, 0) is 17.4 Å². The summed E-state index contributed by atoms with van der Waals surface area (Å²) in [6, 6.07) is 12.0. The quantitative estimate of drug-likeness (QED) is 0.524. The van der Waals surface area contributed by atoms with Gasteiger partial charge in [-0.3, -0.25) is 4.79 Å². The Balaban J connectivity index is 1.94. The van der Waals surface area contributed by atoms with Crippen LogP contribution in [0.25, 0.3) is 25.6 Å². The van der Waals surface area contributed by atoms with Crippen molar-refractivity contribution in [1.82, 2.24) is 14.6 Å². The molecular weight excluding hydrogens is 334 g/mol. The number of hydrogen-bond acceptors (Lipinski definition) is 6. The summed E-state index contributed by atoms with van der Waals surface area (Å²) in [4.78, 5) is 19.7. The summed E-state index contributed by atoms with van der Waals surface area (Å²) in [6.07, 6.45) is 0. The van der Waals surface area contributed by atoms with E-state index in [4.69, 9.17) is 0 Å². The van der Waals surface area contributed by atoms with Crippen molar-refractivity contribution >= 4 is 49.6 Å². The molecule has 4 rings (SSSR count). The minimum absolute atomic E-state index is 0.0855. The van der Waals surface area contributed by atoms with Crippen LogP contribution in [0.4, 0.5) is 0 Å². The molecule has 0 fully saturated rings. The van der Waals surface area contributed by atoms with E-state index in [0.29, 0.717) is 10.3 Å². The highest BCUT2D eigenvalue weighted by Crippen LogP contribution is 2.32. The Bertz CT molecular complexity index is 1020. The van der Waals surface area contributed by atoms with E-state index < -0.39 is 0 Å².